The van der Waals surface area contributed by atoms with Crippen LogP contribution in [0, 0.1) is 0 Å². The summed E-state index contributed by atoms with van der Waals surface area (Å²) >= 11 is 12.2. The molecule has 4 aromatic carbocycles. The van der Waals surface area contributed by atoms with Crippen molar-refractivity contribution in [2.24, 2.45) is 0 Å². The Labute approximate surface area is 220 Å². The van der Waals surface area contributed by atoms with Crippen LogP contribution in [0.25, 0.3) is 0 Å². The van der Waals surface area contributed by atoms with Crippen molar-refractivity contribution >= 4 is 50.5 Å². The molecule has 36 heavy (non-hydrogen) atoms. The highest BCUT2D eigenvalue weighted by molar-refractivity contribution is 7.92. The van der Waals surface area contributed by atoms with Gasteiger partial charge in [0, 0.05) is 5.02 Å². The van der Waals surface area contributed by atoms with Gasteiger partial charge >= 0.3 is 0 Å². The van der Waals surface area contributed by atoms with Gasteiger partial charge in [-0.05, 0) is 60.2 Å². The molecule has 0 atom stereocenters. The van der Waals surface area contributed by atoms with E-state index in [1.165, 1.54) is 29.6 Å². The number of halogens is 2. The zero-order chi connectivity index (χ0) is 25.7. The van der Waals surface area contributed by atoms with Gasteiger partial charge < -0.3 is 10.1 Å². The van der Waals surface area contributed by atoms with Crippen LogP contribution in [0.1, 0.15) is 15.9 Å². The quantitative estimate of drug-likeness (QED) is 0.271. The van der Waals surface area contributed by atoms with Gasteiger partial charge in [-0.15, -0.1) is 0 Å². The second-order valence-corrected chi connectivity index (χ2v) is 10.5. The zero-order valence-corrected chi connectivity index (χ0v) is 21.5. The summed E-state index contributed by atoms with van der Waals surface area (Å²) in [5, 5.41) is 3.44. The number of benzene rings is 4. The van der Waals surface area contributed by atoms with Gasteiger partial charge in [0.2, 0.25) is 0 Å². The molecule has 0 aliphatic rings. The monoisotopic (exact) mass is 540 g/mol. The second-order valence-electron chi connectivity index (χ2n) is 7.77. The molecule has 184 valence electrons. The number of amides is 1. The Hall–Kier alpha value is -3.52. The number of hydrogen-bond donors (Lipinski definition) is 1. The first kappa shape index (κ1) is 25.6. The van der Waals surface area contributed by atoms with Gasteiger partial charge in [-0.2, -0.15) is 0 Å². The lowest BCUT2D eigenvalue weighted by Gasteiger charge is -2.27. The number of rotatable bonds is 8. The fraction of sp³-hybridized carbons (Fsp3) is 0.0741. The topological polar surface area (TPSA) is 75.7 Å². The van der Waals surface area contributed by atoms with Crippen molar-refractivity contribution in [2.45, 2.75) is 11.4 Å². The molecule has 0 spiro atoms. The fourth-order valence-electron chi connectivity index (χ4n) is 3.59. The predicted molar refractivity (Wildman–Crippen MR) is 144 cm³/mol. The minimum absolute atomic E-state index is 0.0151. The maximum Gasteiger partial charge on any atom is 0.264 e. The van der Waals surface area contributed by atoms with Crippen molar-refractivity contribution in [3.8, 4) is 5.75 Å². The van der Waals surface area contributed by atoms with Crippen molar-refractivity contribution in [3.05, 3.63) is 118 Å². The number of sulfonamides is 1. The average molecular weight is 541 g/mol. The number of hydrogen-bond acceptors (Lipinski definition) is 4. The summed E-state index contributed by atoms with van der Waals surface area (Å²) in [6.45, 7) is 0.0151. The number of carbonyl (C=O) groups excluding carboxylic acids is 1. The third-order valence-electron chi connectivity index (χ3n) is 5.41. The Morgan fingerprint density at radius 1 is 0.889 bits per heavy atom. The number of anilines is 2. The van der Waals surface area contributed by atoms with Gasteiger partial charge in [0.1, 0.15) is 5.75 Å². The third kappa shape index (κ3) is 5.65. The van der Waals surface area contributed by atoms with Gasteiger partial charge in [0.25, 0.3) is 15.9 Å². The van der Waals surface area contributed by atoms with E-state index in [4.69, 9.17) is 27.9 Å². The van der Waals surface area contributed by atoms with Crippen LogP contribution in [0.15, 0.2) is 102 Å². The molecule has 0 saturated carbocycles. The molecule has 9 heteroatoms. The molecule has 1 N–H and O–H groups in total. The Bertz CT molecular complexity index is 1480. The van der Waals surface area contributed by atoms with Crippen LogP contribution in [-0.4, -0.2) is 21.4 Å². The average Bonchev–Trinajstić information content (AvgIpc) is 2.89. The van der Waals surface area contributed by atoms with Crippen LogP contribution in [-0.2, 0) is 16.6 Å². The van der Waals surface area contributed by atoms with Crippen LogP contribution in [0.5, 0.6) is 5.75 Å². The summed E-state index contributed by atoms with van der Waals surface area (Å²) in [6.07, 6.45) is 0. The van der Waals surface area contributed by atoms with E-state index < -0.39 is 15.9 Å². The number of ether oxygens (including phenoxy) is 1. The SMILES string of the molecule is COc1ccc(S(=O)(=O)N(Cc2ccccc2)c2ccccc2C(=O)Nc2ccc(Cl)cc2Cl)cc1. The number of carbonyl (C=O) groups is 1. The highest BCUT2D eigenvalue weighted by Crippen LogP contribution is 2.32. The molecule has 6 nitrogen and oxygen atoms in total. The summed E-state index contributed by atoms with van der Waals surface area (Å²) in [5.74, 6) is 0.0148. The number of nitrogens with one attached hydrogen (secondary N) is 1. The van der Waals surface area contributed by atoms with Crippen molar-refractivity contribution in [1.82, 2.24) is 0 Å². The van der Waals surface area contributed by atoms with Crippen molar-refractivity contribution < 1.29 is 17.9 Å². The molecule has 1 amide bonds. The van der Waals surface area contributed by atoms with Crippen molar-refractivity contribution in [2.75, 3.05) is 16.7 Å². The highest BCUT2D eigenvalue weighted by Gasteiger charge is 2.29. The molecule has 4 rings (SSSR count). The van der Waals surface area contributed by atoms with Crippen molar-refractivity contribution in [1.29, 1.82) is 0 Å². The van der Waals surface area contributed by atoms with Crippen LogP contribution in [0.3, 0.4) is 0 Å². The Morgan fingerprint density at radius 2 is 1.56 bits per heavy atom. The summed E-state index contributed by atoms with van der Waals surface area (Å²) in [5.41, 5.74) is 1.50. The third-order valence-corrected chi connectivity index (χ3v) is 7.73. The lowest BCUT2D eigenvalue weighted by Crippen LogP contribution is -2.32. The second kappa shape index (κ2) is 11.0. The summed E-state index contributed by atoms with van der Waals surface area (Å²) in [4.78, 5) is 13.4. The summed E-state index contributed by atoms with van der Waals surface area (Å²) in [7, 11) is -2.56. The standard InChI is InChI=1S/C27H22Cl2N2O4S/c1-35-21-12-14-22(15-13-21)36(33,34)31(18-19-7-3-2-4-8-19)26-10-6-5-9-23(26)27(32)30-25-16-11-20(28)17-24(25)29/h2-17H,18H2,1H3,(H,30,32). The Morgan fingerprint density at radius 3 is 2.22 bits per heavy atom. The molecule has 0 aliphatic carbocycles. The smallest absolute Gasteiger partial charge is 0.264 e. The summed E-state index contributed by atoms with van der Waals surface area (Å²) < 4.78 is 34.1. The van der Waals surface area contributed by atoms with E-state index in [2.05, 4.69) is 5.32 Å². The van der Waals surface area contributed by atoms with Crippen LogP contribution in [0.2, 0.25) is 10.0 Å². The number of para-hydroxylation sites is 1. The lowest BCUT2D eigenvalue weighted by atomic mass is 10.1. The van der Waals surface area contributed by atoms with Crippen LogP contribution >= 0.6 is 23.2 Å². The minimum Gasteiger partial charge on any atom is -0.497 e. The van der Waals surface area contributed by atoms with E-state index in [-0.39, 0.29) is 27.7 Å². The van der Waals surface area contributed by atoms with Crippen LogP contribution in [0.4, 0.5) is 11.4 Å². The van der Waals surface area contributed by atoms with Gasteiger partial charge in [-0.25, -0.2) is 8.42 Å². The molecule has 0 heterocycles. The van der Waals surface area contributed by atoms with Gasteiger partial charge in [-0.1, -0.05) is 65.7 Å². The predicted octanol–water partition coefficient (Wildman–Crippen LogP) is 6.65. The first-order valence-corrected chi connectivity index (χ1v) is 13.1. The van der Waals surface area contributed by atoms with Gasteiger partial charge in [0.15, 0.2) is 0 Å². The lowest BCUT2D eigenvalue weighted by molar-refractivity contribution is 0.102. The first-order chi connectivity index (χ1) is 17.3. The maximum absolute atomic E-state index is 13.9. The number of methoxy groups -OCH3 is 1. The van der Waals surface area contributed by atoms with Crippen molar-refractivity contribution in [3.63, 3.8) is 0 Å². The van der Waals surface area contributed by atoms with Gasteiger partial charge in [0.05, 0.1) is 40.5 Å². The summed E-state index contributed by atoms with van der Waals surface area (Å²) in [6, 6.07) is 26.5. The molecule has 0 fully saturated rings. The zero-order valence-electron chi connectivity index (χ0n) is 19.2. The molecular weight excluding hydrogens is 519 g/mol. The molecule has 0 bridgehead atoms. The Balaban J connectivity index is 1.78. The van der Waals surface area contributed by atoms with E-state index >= 15 is 0 Å². The Kier molecular flexibility index (Phi) is 7.84. The molecule has 4 aromatic rings. The van der Waals surface area contributed by atoms with Gasteiger partial charge in [-0.3, -0.25) is 9.10 Å². The highest BCUT2D eigenvalue weighted by atomic mass is 35.5. The minimum atomic E-state index is -4.07. The van der Waals surface area contributed by atoms with E-state index in [0.717, 1.165) is 5.56 Å². The van der Waals surface area contributed by atoms with E-state index in [0.29, 0.717) is 16.5 Å². The van der Waals surface area contributed by atoms with Crippen LogP contribution < -0.4 is 14.4 Å². The number of nitrogens with zero attached hydrogens (tertiary/aromatic N) is 1. The first-order valence-electron chi connectivity index (χ1n) is 10.9. The maximum atomic E-state index is 13.9. The molecule has 0 aromatic heterocycles. The fourth-order valence-corrected chi connectivity index (χ4v) is 5.51. The normalized spacial score (nSPS) is 11.1. The molecule has 0 unspecified atom stereocenters. The molecule has 0 aliphatic heterocycles. The van der Waals surface area contributed by atoms with E-state index in [1.807, 2.05) is 30.3 Å². The molecular formula is C27H22Cl2N2O4S. The van der Waals surface area contributed by atoms with E-state index in [1.54, 1.807) is 48.5 Å². The molecule has 0 saturated heterocycles. The largest absolute Gasteiger partial charge is 0.497 e. The molecule has 0 radical (unpaired) electrons. The van der Waals surface area contributed by atoms with E-state index in [9.17, 15) is 13.2 Å².